The van der Waals surface area contributed by atoms with Crippen molar-refractivity contribution in [1.82, 2.24) is 4.98 Å². The Morgan fingerprint density at radius 3 is 2.19 bits per heavy atom. The first-order valence-electron chi connectivity index (χ1n) is 9.11. The average Bonchev–Trinajstić information content (AvgIpc) is 3.36. The highest BCUT2D eigenvalue weighted by Gasteiger charge is 2.14. The van der Waals surface area contributed by atoms with Crippen molar-refractivity contribution in [2.45, 2.75) is 0 Å². The van der Waals surface area contributed by atoms with Crippen LogP contribution in [0, 0.1) is 20.9 Å². The Labute approximate surface area is 153 Å². The minimum Gasteiger partial charge on any atom is -0.353 e. The Kier molecular flexibility index (Phi) is 2.25. The number of rotatable bonds is 0. The molecule has 0 atom stereocenters. The molecule has 7 rings (SSSR count). The van der Waals surface area contributed by atoms with E-state index in [1.165, 1.54) is 31.6 Å². The summed E-state index contributed by atoms with van der Waals surface area (Å²) >= 11 is 0. The zero-order chi connectivity index (χ0) is 17.5. The fraction of sp³-hybridized carbons (Fsp3) is 0. The van der Waals surface area contributed by atoms with Crippen LogP contribution in [0.4, 0.5) is 11.4 Å². The lowest BCUT2D eigenvalue weighted by Crippen LogP contribution is -1.97. The van der Waals surface area contributed by atoms with E-state index in [1.807, 2.05) is 12.1 Å². The van der Waals surface area contributed by atoms with Crippen molar-refractivity contribution in [3.63, 3.8) is 0 Å². The number of H-pyrrole nitrogens is 1. The molecule has 0 amide bonds. The Morgan fingerprint density at radius 1 is 0.593 bits per heavy atom. The normalized spacial score (nSPS) is 13.0. The van der Waals surface area contributed by atoms with Crippen molar-refractivity contribution in [1.29, 1.82) is 0 Å². The van der Waals surface area contributed by atoms with Gasteiger partial charge in [0.25, 0.3) is 0 Å². The summed E-state index contributed by atoms with van der Waals surface area (Å²) in [6, 6.07) is 25.5. The Balaban J connectivity index is 1.68. The minimum absolute atomic E-state index is 1.04. The number of benzene rings is 4. The quantitative estimate of drug-likeness (QED) is 0.423. The highest BCUT2D eigenvalue weighted by atomic mass is 14.8. The van der Waals surface area contributed by atoms with E-state index in [0.717, 1.165) is 33.1 Å². The van der Waals surface area contributed by atoms with E-state index in [4.69, 9.17) is 9.98 Å². The molecule has 0 radical (unpaired) electrons. The van der Waals surface area contributed by atoms with Crippen LogP contribution in [0.3, 0.4) is 0 Å². The van der Waals surface area contributed by atoms with E-state index < -0.39 is 0 Å². The highest BCUT2D eigenvalue weighted by Crippen LogP contribution is 2.36. The first-order chi connectivity index (χ1) is 13.4. The first kappa shape index (κ1) is 13.5. The van der Waals surface area contributed by atoms with Crippen LogP contribution in [0.15, 0.2) is 82.8 Å². The summed E-state index contributed by atoms with van der Waals surface area (Å²) in [7, 11) is 0. The summed E-state index contributed by atoms with van der Waals surface area (Å²) in [4.78, 5) is 13.4. The molecule has 27 heavy (non-hydrogen) atoms. The van der Waals surface area contributed by atoms with E-state index in [1.54, 1.807) is 0 Å². The fourth-order valence-corrected chi connectivity index (χ4v) is 4.48. The van der Waals surface area contributed by atoms with Gasteiger partial charge in [-0.1, -0.05) is 48.5 Å². The first-order valence-corrected chi connectivity index (χ1v) is 9.11. The monoisotopic (exact) mass is 343 g/mol. The summed E-state index contributed by atoms with van der Waals surface area (Å²) in [5, 5.41) is 9.31. The van der Waals surface area contributed by atoms with Gasteiger partial charge in [-0.15, -0.1) is 0 Å². The second-order valence-electron chi connectivity index (χ2n) is 7.18. The maximum atomic E-state index is 4.90. The summed E-state index contributed by atoms with van der Waals surface area (Å²) in [6.45, 7) is 0. The summed E-state index contributed by atoms with van der Waals surface area (Å²) in [6.07, 6.45) is 0. The predicted molar refractivity (Wildman–Crippen MR) is 106 cm³/mol. The van der Waals surface area contributed by atoms with Crippen LogP contribution in [0.25, 0.3) is 21.8 Å². The molecule has 0 spiro atoms. The largest absolute Gasteiger partial charge is 0.353 e. The van der Waals surface area contributed by atoms with Gasteiger partial charge in [-0.25, -0.2) is 9.98 Å². The number of para-hydroxylation sites is 2. The lowest BCUT2D eigenvalue weighted by atomic mass is 10.1. The molecule has 0 aliphatic carbocycles. The van der Waals surface area contributed by atoms with Crippen molar-refractivity contribution < 1.29 is 0 Å². The van der Waals surface area contributed by atoms with Crippen molar-refractivity contribution in [2.24, 2.45) is 9.98 Å². The molecule has 0 saturated carbocycles. The molecule has 2 aliphatic rings. The molecular formula is C24H13N3. The molecule has 3 nitrogen and oxygen atoms in total. The Bertz CT molecular complexity index is 1780. The molecular weight excluding hydrogens is 330 g/mol. The number of hydrogen-bond acceptors (Lipinski definition) is 2. The molecule has 3 heterocycles. The molecule has 0 saturated heterocycles. The predicted octanol–water partition coefficient (Wildman–Crippen LogP) is 4.42. The second kappa shape index (κ2) is 4.51. The van der Waals surface area contributed by atoms with Gasteiger partial charge in [0.1, 0.15) is 0 Å². The van der Waals surface area contributed by atoms with Crippen LogP contribution in [0.1, 0.15) is 0 Å². The van der Waals surface area contributed by atoms with E-state index in [2.05, 4.69) is 65.6 Å². The number of aromatic amines is 1. The molecule has 1 N–H and O–H groups in total. The van der Waals surface area contributed by atoms with Gasteiger partial charge in [0.2, 0.25) is 0 Å². The molecule has 1 aromatic heterocycles. The third kappa shape index (κ3) is 1.62. The third-order valence-corrected chi connectivity index (χ3v) is 5.73. The van der Waals surface area contributed by atoms with Gasteiger partial charge in [0.15, 0.2) is 0 Å². The van der Waals surface area contributed by atoms with Crippen molar-refractivity contribution >= 4 is 33.2 Å². The van der Waals surface area contributed by atoms with Gasteiger partial charge in [-0.3, -0.25) is 0 Å². The van der Waals surface area contributed by atoms with Crippen molar-refractivity contribution in [3.05, 3.63) is 104 Å². The number of fused-ring (bicyclic) bond motifs is 8. The fourth-order valence-electron chi connectivity index (χ4n) is 4.48. The second-order valence-corrected chi connectivity index (χ2v) is 7.18. The maximum Gasteiger partial charge on any atom is 0.0957 e. The van der Waals surface area contributed by atoms with Crippen molar-refractivity contribution in [3.8, 4) is 0 Å². The number of nitrogens with one attached hydrogen (secondary N) is 1. The third-order valence-electron chi connectivity index (χ3n) is 5.73. The van der Waals surface area contributed by atoms with Gasteiger partial charge in [-0.2, -0.15) is 0 Å². The molecule has 0 unspecified atom stereocenters. The van der Waals surface area contributed by atoms with Crippen LogP contribution in [-0.2, 0) is 0 Å². The zero-order valence-electron chi connectivity index (χ0n) is 14.3. The number of aromatic nitrogens is 1. The molecule has 3 heteroatoms. The summed E-state index contributed by atoms with van der Waals surface area (Å²) in [5.74, 6) is 0. The number of nitrogens with zero attached hydrogens (tertiary/aromatic N) is 2. The van der Waals surface area contributed by atoms with Crippen LogP contribution < -0.4 is 10.7 Å². The SMILES string of the molecule is c1ccc2c(c1)=Nc1cc3c(cc1=2)[nH]c1c2c(ccc13)=c1ccccc1=N2. The van der Waals surface area contributed by atoms with E-state index in [-0.39, 0.29) is 0 Å². The van der Waals surface area contributed by atoms with Gasteiger partial charge in [0.05, 0.1) is 27.6 Å². The molecule has 124 valence electrons. The maximum absolute atomic E-state index is 4.90. The van der Waals surface area contributed by atoms with Gasteiger partial charge < -0.3 is 4.98 Å². The number of hydrogen-bond donors (Lipinski definition) is 1. The minimum atomic E-state index is 1.04. The smallest absolute Gasteiger partial charge is 0.0957 e. The average molecular weight is 343 g/mol. The van der Waals surface area contributed by atoms with Crippen LogP contribution >= 0.6 is 0 Å². The Hall–Kier alpha value is -3.72. The summed E-state index contributed by atoms with van der Waals surface area (Å²) < 4.78 is 0. The lowest BCUT2D eigenvalue weighted by Gasteiger charge is -1.96. The topological polar surface area (TPSA) is 40.5 Å². The van der Waals surface area contributed by atoms with Crippen LogP contribution in [0.2, 0.25) is 0 Å². The molecule has 2 aliphatic heterocycles. The van der Waals surface area contributed by atoms with E-state index in [9.17, 15) is 0 Å². The lowest BCUT2D eigenvalue weighted by molar-refractivity contribution is 1.37. The molecule has 5 aromatic rings. The van der Waals surface area contributed by atoms with E-state index >= 15 is 0 Å². The Morgan fingerprint density at radius 2 is 1.33 bits per heavy atom. The van der Waals surface area contributed by atoms with Gasteiger partial charge in [-0.05, 0) is 24.3 Å². The van der Waals surface area contributed by atoms with Crippen LogP contribution in [0.5, 0.6) is 0 Å². The standard InChI is InChI=1S/C24H13N3/c1-4-8-20-13(5-1)15-9-10-16-18-12-21-17(14-6-2-3-7-19(14)25-21)11-22(18)27-24(16)23(15)26-20/h1-12,27H. The zero-order valence-corrected chi connectivity index (χ0v) is 14.3. The van der Waals surface area contributed by atoms with Gasteiger partial charge in [0, 0.05) is 37.2 Å². The van der Waals surface area contributed by atoms with Gasteiger partial charge >= 0.3 is 0 Å². The van der Waals surface area contributed by atoms with E-state index in [0.29, 0.717) is 0 Å². The van der Waals surface area contributed by atoms with Crippen molar-refractivity contribution in [2.75, 3.05) is 0 Å². The highest BCUT2D eigenvalue weighted by molar-refractivity contribution is 6.11. The summed E-state index contributed by atoms with van der Waals surface area (Å²) in [5.41, 5.74) is 4.33. The van der Waals surface area contributed by atoms with Crippen LogP contribution in [-0.4, -0.2) is 4.98 Å². The molecule has 0 fully saturated rings. The molecule has 4 aromatic carbocycles. The molecule has 0 bridgehead atoms.